The third-order valence-corrected chi connectivity index (χ3v) is 5.97. The van der Waals surface area contributed by atoms with E-state index in [0.717, 1.165) is 54.9 Å². The summed E-state index contributed by atoms with van der Waals surface area (Å²) in [5.74, 6) is 1.59. The molecule has 0 aliphatic carbocycles. The van der Waals surface area contributed by atoms with E-state index in [1.54, 1.807) is 11.3 Å². The number of rotatable bonds is 4. The van der Waals surface area contributed by atoms with Crippen LogP contribution in [0.5, 0.6) is 0 Å². The van der Waals surface area contributed by atoms with Gasteiger partial charge in [0.05, 0.1) is 27.4 Å². The first kappa shape index (κ1) is 17.1. The van der Waals surface area contributed by atoms with E-state index < -0.39 is 0 Å². The Hall–Kier alpha value is -3.84. The second-order valence-corrected chi connectivity index (χ2v) is 8.05. The molecule has 0 atom stereocenters. The maximum atomic E-state index is 4.85. The SMILES string of the molecule is c1ccc2ncc(Cc3nc(Nc4ccc5[nH]ncc5c4)c4sccc4n3)cc2c1. The van der Waals surface area contributed by atoms with Gasteiger partial charge in [0.1, 0.15) is 5.82 Å². The van der Waals surface area contributed by atoms with Gasteiger partial charge in [-0.1, -0.05) is 18.2 Å². The second-order valence-electron chi connectivity index (χ2n) is 7.13. The highest BCUT2D eigenvalue weighted by atomic mass is 32.1. The summed E-state index contributed by atoms with van der Waals surface area (Å²) in [6.07, 6.45) is 4.35. The van der Waals surface area contributed by atoms with Crippen molar-refractivity contribution in [1.29, 1.82) is 0 Å². The van der Waals surface area contributed by atoms with Crippen LogP contribution in [0.4, 0.5) is 11.5 Å². The zero-order valence-corrected chi connectivity index (χ0v) is 16.6. The quantitative estimate of drug-likeness (QED) is 0.405. The van der Waals surface area contributed by atoms with E-state index in [-0.39, 0.29) is 0 Å². The summed E-state index contributed by atoms with van der Waals surface area (Å²) in [4.78, 5) is 14.2. The van der Waals surface area contributed by atoms with E-state index in [4.69, 9.17) is 9.97 Å². The van der Waals surface area contributed by atoms with Crippen molar-refractivity contribution in [1.82, 2.24) is 25.1 Å². The Morgan fingerprint density at radius 1 is 0.900 bits per heavy atom. The average Bonchev–Trinajstić information content (AvgIpc) is 3.43. The van der Waals surface area contributed by atoms with E-state index in [9.17, 15) is 0 Å². The van der Waals surface area contributed by atoms with Gasteiger partial charge in [-0.15, -0.1) is 11.3 Å². The fourth-order valence-corrected chi connectivity index (χ4v) is 4.40. The number of benzene rings is 2. The first-order chi connectivity index (χ1) is 14.8. The number of pyridine rings is 1. The summed E-state index contributed by atoms with van der Waals surface area (Å²) in [5.41, 5.74) is 5.01. The number of nitrogens with one attached hydrogen (secondary N) is 2. The Bertz CT molecular complexity index is 1520. The molecule has 30 heavy (non-hydrogen) atoms. The van der Waals surface area contributed by atoms with E-state index >= 15 is 0 Å². The van der Waals surface area contributed by atoms with Crippen LogP contribution in [0.3, 0.4) is 0 Å². The number of para-hydroxylation sites is 1. The molecule has 0 bridgehead atoms. The summed E-state index contributed by atoms with van der Waals surface area (Å²) in [7, 11) is 0. The van der Waals surface area contributed by atoms with E-state index in [2.05, 4.69) is 38.7 Å². The van der Waals surface area contributed by atoms with Gasteiger partial charge in [-0.2, -0.15) is 5.10 Å². The van der Waals surface area contributed by atoms with Crippen molar-refractivity contribution >= 4 is 54.9 Å². The second kappa shape index (κ2) is 6.89. The van der Waals surface area contributed by atoms with Crippen molar-refractivity contribution < 1.29 is 0 Å². The lowest BCUT2D eigenvalue weighted by Gasteiger charge is -2.09. The van der Waals surface area contributed by atoms with Gasteiger partial charge in [0.25, 0.3) is 0 Å². The molecule has 0 saturated heterocycles. The minimum Gasteiger partial charge on any atom is -0.339 e. The fraction of sp³-hybridized carbons (Fsp3) is 0.0435. The van der Waals surface area contributed by atoms with Gasteiger partial charge < -0.3 is 5.32 Å². The molecule has 2 N–H and O–H groups in total. The molecule has 0 aliphatic rings. The third kappa shape index (κ3) is 3.05. The lowest BCUT2D eigenvalue weighted by Crippen LogP contribution is -2.02. The zero-order valence-electron chi connectivity index (χ0n) is 15.8. The Kier molecular flexibility index (Phi) is 3.92. The molecule has 6 aromatic rings. The minimum atomic E-state index is 0.624. The van der Waals surface area contributed by atoms with Gasteiger partial charge in [-0.25, -0.2) is 9.97 Å². The molecule has 4 heterocycles. The van der Waals surface area contributed by atoms with Crippen LogP contribution in [0.1, 0.15) is 11.4 Å². The highest BCUT2D eigenvalue weighted by Gasteiger charge is 2.11. The number of nitrogens with zero attached hydrogens (tertiary/aromatic N) is 4. The van der Waals surface area contributed by atoms with Crippen molar-refractivity contribution in [3.05, 3.63) is 83.8 Å². The van der Waals surface area contributed by atoms with Crippen LogP contribution >= 0.6 is 11.3 Å². The van der Waals surface area contributed by atoms with Crippen LogP contribution < -0.4 is 5.32 Å². The molecule has 4 aromatic heterocycles. The Balaban J connectivity index is 1.38. The average molecular weight is 408 g/mol. The fourth-order valence-electron chi connectivity index (χ4n) is 3.63. The predicted octanol–water partition coefficient (Wildman–Crippen LogP) is 5.45. The Morgan fingerprint density at radius 2 is 1.87 bits per heavy atom. The summed E-state index contributed by atoms with van der Waals surface area (Å²) in [5, 5.41) is 14.8. The predicted molar refractivity (Wildman–Crippen MR) is 121 cm³/mol. The standard InChI is InChI=1S/C23H16N6S/c1-2-4-18-15(3-1)9-14(12-24-18)10-21-27-20-7-8-30-22(20)23(28-21)26-17-5-6-19-16(11-17)13-25-29-19/h1-9,11-13H,10H2,(H,25,29)(H,26,27,28). The minimum absolute atomic E-state index is 0.624. The number of aromatic nitrogens is 5. The molecule has 6 nitrogen and oxygen atoms in total. The topological polar surface area (TPSA) is 79.4 Å². The number of anilines is 2. The number of aromatic amines is 1. The van der Waals surface area contributed by atoms with Gasteiger partial charge in [0.15, 0.2) is 5.82 Å². The molecule has 144 valence electrons. The van der Waals surface area contributed by atoms with E-state index in [1.807, 2.05) is 54.2 Å². The Morgan fingerprint density at radius 3 is 2.87 bits per heavy atom. The van der Waals surface area contributed by atoms with Gasteiger partial charge in [-0.3, -0.25) is 10.1 Å². The molecule has 0 radical (unpaired) electrons. The summed E-state index contributed by atoms with van der Waals surface area (Å²) in [6.45, 7) is 0. The van der Waals surface area contributed by atoms with Crippen molar-refractivity contribution in [2.75, 3.05) is 5.32 Å². The van der Waals surface area contributed by atoms with E-state index in [1.165, 1.54) is 0 Å². The number of thiophene rings is 1. The molecular weight excluding hydrogens is 392 g/mol. The van der Waals surface area contributed by atoms with Crippen molar-refractivity contribution in [2.24, 2.45) is 0 Å². The molecule has 7 heteroatoms. The highest BCUT2D eigenvalue weighted by molar-refractivity contribution is 7.17. The van der Waals surface area contributed by atoms with Gasteiger partial charge in [0.2, 0.25) is 0 Å². The summed E-state index contributed by atoms with van der Waals surface area (Å²) >= 11 is 1.64. The molecular formula is C23H16N6S. The van der Waals surface area contributed by atoms with Crippen LogP contribution in [0.15, 0.2) is 72.4 Å². The maximum Gasteiger partial charge on any atom is 0.152 e. The van der Waals surface area contributed by atoms with Crippen LogP contribution in [0.25, 0.3) is 32.0 Å². The molecule has 0 aliphatic heterocycles. The smallest absolute Gasteiger partial charge is 0.152 e. The Labute approximate surface area is 175 Å². The third-order valence-electron chi connectivity index (χ3n) is 5.06. The van der Waals surface area contributed by atoms with E-state index in [0.29, 0.717) is 6.42 Å². The summed E-state index contributed by atoms with van der Waals surface area (Å²) < 4.78 is 1.04. The monoisotopic (exact) mass is 408 g/mol. The molecule has 0 unspecified atom stereocenters. The van der Waals surface area contributed by atoms with Crippen molar-refractivity contribution in [2.45, 2.75) is 6.42 Å². The highest BCUT2D eigenvalue weighted by Crippen LogP contribution is 2.30. The normalized spacial score (nSPS) is 11.5. The first-order valence-corrected chi connectivity index (χ1v) is 10.5. The molecule has 0 spiro atoms. The molecule has 6 rings (SSSR count). The lowest BCUT2D eigenvalue weighted by molar-refractivity contribution is 0.993. The lowest BCUT2D eigenvalue weighted by atomic mass is 10.1. The van der Waals surface area contributed by atoms with Crippen LogP contribution in [-0.4, -0.2) is 25.1 Å². The van der Waals surface area contributed by atoms with Crippen LogP contribution in [0.2, 0.25) is 0 Å². The molecule has 0 amide bonds. The molecule has 2 aromatic carbocycles. The summed E-state index contributed by atoms with van der Waals surface area (Å²) in [6, 6.07) is 18.4. The zero-order chi connectivity index (χ0) is 19.9. The molecule has 0 fully saturated rings. The number of hydrogen-bond donors (Lipinski definition) is 2. The van der Waals surface area contributed by atoms with Crippen molar-refractivity contribution in [3.8, 4) is 0 Å². The van der Waals surface area contributed by atoms with Crippen molar-refractivity contribution in [3.63, 3.8) is 0 Å². The van der Waals surface area contributed by atoms with Gasteiger partial charge >= 0.3 is 0 Å². The van der Waals surface area contributed by atoms with Crippen LogP contribution in [-0.2, 0) is 6.42 Å². The first-order valence-electron chi connectivity index (χ1n) is 9.60. The number of H-pyrrole nitrogens is 1. The van der Waals surface area contributed by atoms with Crippen LogP contribution in [0, 0.1) is 0 Å². The van der Waals surface area contributed by atoms with Gasteiger partial charge in [0, 0.05) is 29.1 Å². The number of fused-ring (bicyclic) bond motifs is 3. The van der Waals surface area contributed by atoms with Gasteiger partial charge in [-0.05, 0) is 47.3 Å². The number of hydrogen-bond acceptors (Lipinski definition) is 6. The largest absolute Gasteiger partial charge is 0.339 e. The molecule has 0 saturated carbocycles. The maximum absolute atomic E-state index is 4.85.